The zero-order valence-corrected chi connectivity index (χ0v) is 7.47. The summed E-state index contributed by atoms with van der Waals surface area (Å²) in [4.78, 5) is 12.7. The summed E-state index contributed by atoms with van der Waals surface area (Å²) in [6, 6.07) is 7.93. The van der Waals surface area contributed by atoms with E-state index in [-0.39, 0.29) is 6.04 Å². The first-order valence-electron chi connectivity index (χ1n) is 4.28. The number of carbonyl (C=O) groups is 1. The second-order valence-corrected chi connectivity index (χ2v) is 3.16. The molecule has 2 nitrogen and oxygen atoms in total. The van der Waals surface area contributed by atoms with Gasteiger partial charge in [0.05, 0.1) is 0 Å². The Kier molecular flexibility index (Phi) is 1.89. The van der Waals surface area contributed by atoms with Crippen molar-refractivity contribution in [2.75, 3.05) is 11.9 Å². The molecule has 0 bridgehead atoms. The zero-order valence-electron chi connectivity index (χ0n) is 7.47. The van der Waals surface area contributed by atoms with E-state index in [0.717, 1.165) is 12.0 Å². The molecule has 0 radical (unpaired) electrons. The first-order chi connectivity index (χ1) is 6.33. The lowest BCUT2D eigenvalue weighted by Crippen LogP contribution is -2.33. The zero-order chi connectivity index (χ0) is 9.26. The number of anilines is 1. The molecule has 0 aliphatic carbocycles. The number of fused-ring (bicyclic) bond motifs is 1. The molecule has 1 heterocycles. The van der Waals surface area contributed by atoms with E-state index in [2.05, 4.69) is 0 Å². The Balaban J connectivity index is 2.48. The van der Waals surface area contributed by atoms with Crippen molar-refractivity contribution in [2.45, 2.75) is 6.04 Å². The van der Waals surface area contributed by atoms with Crippen molar-refractivity contribution in [1.29, 1.82) is 0 Å². The van der Waals surface area contributed by atoms with Crippen molar-refractivity contribution in [3.05, 3.63) is 35.9 Å². The summed E-state index contributed by atoms with van der Waals surface area (Å²) in [7, 11) is 1.93. The number of hydrogen-bond acceptors (Lipinski definition) is 2. The van der Waals surface area contributed by atoms with Gasteiger partial charge in [-0.25, -0.2) is 0 Å². The summed E-state index contributed by atoms with van der Waals surface area (Å²) < 4.78 is 0. The molecule has 1 aromatic rings. The van der Waals surface area contributed by atoms with Crippen LogP contribution in [0.5, 0.6) is 0 Å². The molecule has 0 spiro atoms. The highest BCUT2D eigenvalue weighted by molar-refractivity contribution is 5.80. The van der Waals surface area contributed by atoms with Gasteiger partial charge in [0.25, 0.3) is 0 Å². The molecule has 1 aromatic carbocycles. The number of nitrogens with zero attached hydrogens (tertiary/aromatic N) is 1. The third kappa shape index (κ3) is 1.24. The molecule has 66 valence electrons. The summed E-state index contributed by atoms with van der Waals surface area (Å²) in [5, 5.41) is 0. The van der Waals surface area contributed by atoms with Crippen LogP contribution in [0.2, 0.25) is 0 Å². The van der Waals surface area contributed by atoms with Crippen molar-refractivity contribution in [1.82, 2.24) is 0 Å². The van der Waals surface area contributed by atoms with Crippen LogP contribution >= 0.6 is 0 Å². The van der Waals surface area contributed by atoms with Gasteiger partial charge < -0.3 is 9.69 Å². The Bertz CT molecular complexity index is 357. The molecule has 13 heavy (non-hydrogen) atoms. The van der Waals surface area contributed by atoms with E-state index in [1.54, 1.807) is 0 Å². The third-order valence-corrected chi connectivity index (χ3v) is 2.38. The van der Waals surface area contributed by atoms with Crippen molar-refractivity contribution in [3.8, 4) is 0 Å². The van der Waals surface area contributed by atoms with Gasteiger partial charge in [-0.1, -0.05) is 30.4 Å². The normalized spacial score (nSPS) is 19.8. The first kappa shape index (κ1) is 8.05. The topological polar surface area (TPSA) is 20.3 Å². The molecule has 0 fully saturated rings. The van der Waals surface area contributed by atoms with E-state index < -0.39 is 0 Å². The van der Waals surface area contributed by atoms with Gasteiger partial charge >= 0.3 is 0 Å². The highest BCUT2D eigenvalue weighted by atomic mass is 16.1. The minimum Gasteiger partial charge on any atom is -0.361 e. The molecule has 1 aliphatic heterocycles. The molecule has 0 saturated carbocycles. The molecule has 1 atom stereocenters. The Morgan fingerprint density at radius 3 is 2.92 bits per heavy atom. The molecule has 0 N–H and O–H groups in total. The first-order valence-corrected chi connectivity index (χ1v) is 4.28. The Morgan fingerprint density at radius 2 is 2.15 bits per heavy atom. The maximum Gasteiger partial charge on any atom is 0.146 e. The summed E-state index contributed by atoms with van der Waals surface area (Å²) in [6.45, 7) is 0. The highest BCUT2D eigenvalue weighted by Crippen LogP contribution is 2.26. The van der Waals surface area contributed by atoms with Crippen molar-refractivity contribution in [3.63, 3.8) is 0 Å². The van der Waals surface area contributed by atoms with E-state index in [4.69, 9.17) is 0 Å². The lowest BCUT2D eigenvalue weighted by molar-refractivity contribution is -0.108. The van der Waals surface area contributed by atoms with Crippen LogP contribution in [0.25, 0.3) is 6.08 Å². The summed E-state index contributed by atoms with van der Waals surface area (Å²) >= 11 is 0. The van der Waals surface area contributed by atoms with Crippen LogP contribution in [-0.2, 0) is 4.79 Å². The molecule has 0 amide bonds. The molecular formula is C11H11NO. The van der Waals surface area contributed by atoms with E-state index in [1.165, 1.54) is 5.56 Å². The van der Waals surface area contributed by atoms with Crippen LogP contribution in [0.3, 0.4) is 0 Å². The fourth-order valence-electron chi connectivity index (χ4n) is 1.58. The van der Waals surface area contributed by atoms with E-state index >= 15 is 0 Å². The molecule has 1 aliphatic rings. The van der Waals surface area contributed by atoms with Gasteiger partial charge in [0.1, 0.15) is 12.3 Å². The largest absolute Gasteiger partial charge is 0.361 e. The maximum atomic E-state index is 10.7. The lowest BCUT2D eigenvalue weighted by atomic mass is 10.0. The van der Waals surface area contributed by atoms with Crippen molar-refractivity contribution in [2.24, 2.45) is 0 Å². The van der Waals surface area contributed by atoms with Crippen molar-refractivity contribution >= 4 is 18.0 Å². The number of hydrogen-bond donors (Lipinski definition) is 0. The highest BCUT2D eigenvalue weighted by Gasteiger charge is 2.16. The molecule has 0 aromatic heterocycles. The standard InChI is InChI=1S/C11H11NO/c1-12-10(8-13)7-6-9-4-2-3-5-11(9)12/h2-8,10H,1H3. The third-order valence-electron chi connectivity index (χ3n) is 2.38. The smallest absolute Gasteiger partial charge is 0.146 e. The van der Waals surface area contributed by atoms with Gasteiger partial charge in [-0.3, -0.25) is 0 Å². The van der Waals surface area contributed by atoms with Gasteiger partial charge in [0, 0.05) is 12.7 Å². The van der Waals surface area contributed by atoms with Gasteiger partial charge in [-0.2, -0.15) is 0 Å². The van der Waals surface area contributed by atoms with Crippen LogP contribution in [0, 0.1) is 0 Å². The fraction of sp³-hybridized carbons (Fsp3) is 0.182. The van der Waals surface area contributed by atoms with E-state index in [1.807, 2.05) is 48.4 Å². The number of rotatable bonds is 1. The minimum atomic E-state index is -0.116. The van der Waals surface area contributed by atoms with Gasteiger partial charge in [0.15, 0.2) is 0 Å². The summed E-state index contributed by atoms with van der Waals surface area (Å²) in [6.07, 6.45) is 4.86. The minimum absolute atomic E-state index is 0.116. The Hall–Kier alpha value is -1.57. The fourth-order valence-corrected chi connectivity index (χ4v) is 1.58. The summed E-state index contributed by atoms with van der Waals surface area (Å²) in [5.74, 6) is 0. The lowest BCUT2D eigenvalue weighted by Gasteiger charge is -2.28. The second kappa shape index (κ2) is 3.05. The number of benzene rings is 1. The molecule has 2 heteroatoms. The Labute approximate surface area is 77.5 Å². The monoisotopic (exact) mass is 173 g/mol. The second-order valence-electron chi connectivity index (χ2n) is 3.16. The summed E-state index contributed by atoms with van der Waals surface area (Å²) in [5.41, 5.74) is 2.28. The number of para-hydroxylation sites is 1. The van der Waals surface area contributed by atoms with E-state index in [0.29, 0.717) is 0 Å². The van der Waals surface area contributed by atoms with Crippen LogP contribution in [0.15, 0.2) is 30.3 Å². The van der Waals surface area contributed by atoms with E-state index in [9.17, 15) is 4.79 Å². The van der Waals surface area contributed by atoms with Crippen molar-refractivity contribution < 1.29 is 4.79 Å². The average Bonchev–Trinajstić information content (AvgIpc) is 2.19. The molecular weight excluding hydrogens is 162 g/mol. The number of likely N-dealkylation sites (N-methyl/N-ethyl adjacent to an activating group) is 1. The van der Waals surface area contributed by atoms with Crippen LogP contribution in [-0.4, -0.2) is 19.4 Å². The number of aldehydes is 1. The maximum absolute atomic E-state index is 10.7. The Morgan fingerprint density at radius 1 is 1.38 bits per heavy atom. The van der Waals surface area contributed by atoms with Crippen LogP contribution < -0.4 is 4.90 Å². The quantitative estimate of drug-likeness (QED) is 0.603. The van der Waals surface area contributed by atoms with Gasteiger partial charge in [-0.15, -0.1) is 0 Å². The number of carbonyl (C=O) groups excluding carboxylic acids is 1. The van der Waals surface area contributed by atoms with Crippen LogP contribution in [0.1, 0.15) is 5.56 Å². The SMILES string of the molecule is CN1c2ccccc2C=CC1C=O. The van der Waals surface area contributed by atoms with Crippen LogP contribution in [0.4, 0.5) is 5.69 Å². The van der Waals surface area contributed by atoms with Gasteiger partial charge in [0.2, 0.25) is 0 Å². The average molecular weight is 173 g/mol. The predicted octanol–water partition coefficient (Wildman–Crippen LogP) is 1.72. The van der Waals surface area contributed by atoms with Gasteiger partial charge in [-0.05, 0) is 11.6 Å². The molecule has 1 unspecified atom stereocenters. The predicted molar refractivity (Wildman–Crippen MR) is 53.7 cm³/mol. The molecule has 0 saturated heterocycles. The molecule has 2 rings (SSSR count).